The summed E-state index contributed by atoms with van der Waals surface area (Å²) >= 11 is 0. The smallest absolute Gasteiger partial charge is 0.127 e. The van der Waals surface area contributed by atoms with E-state index in [9.17, 15) is 0 Å². The monoisotopic (exact) mass is 385 g/mol. The van der Waals surface area contributed by atoms with Crippen LogP contribution in [0.25, 0.3) is 22.2 Å². The molecule has 0 saturated carbocycles. The molecule has 146 valence electrons. The van der Waals surface area contributed by atoms with Crippen LogP contribution in [0, 0.1) is 0 Å². The Morgan fingerprint density at radius 2 is 1.66 bits per heavy atom. The maximum atomic E-state index is 6.32. The Bertz CT molecular complexity index is 1120. The fourth-order valence-electron chi connectivity index (χ4n) is 3.95. The largest absolute Gasteiger partial charge is 0.457 e. The third-order valence-electron chi connectivity index (χ3n) is 5.41. The summed E-state index contributed by atoms with van der Waals surface area (Å²) in [6.45, 7) is 2.01. The van der Waals surface area contributed by atoms with Crippen molar-refractivity contribution in [2.75, 3.05) is 18.8 Å². The van der Waals surface area contributed by atoms with Crippen LogP contribution in [0.5, 0.6) is 11.5 Å². The van der Waals surface area contributed by atoms with Crippen molar-refractivity contribution in [2.45, 2.75) is 18.9 Å². The molecule has 3 N–H and O–H groups in total. The van der Waals surface area contributed by atoms with Gasteiger partial charge in [0.25, 0.3) is 0 Å². The SMILES string of the molecule is Nc1cncc2c1c(-c1ccc(Oc3ccccc3)cc1)nn2C1CCNCC1. The minimum atomic E-state index is 0.358. The lowest BCUT2D eigenvalue weighted by atomic mass is 10.1. The number of nitrogens with zero attached hydrogens (tertiary/aromatic N) is 3. The van der Waals surface area contributed by atoms with Crippen molar-refractivity contribution in [1.82, 2.24) is 20.1 Å². The minimum Gasteiger partial charge on any atom is -0.457 e. The molecule has 3 heterocycles. The lowest BCUT2D eigenvalue weighted by Gasteiger charge is -2.23. The molecule has 6 nitrogen and oxygen atoms in total. The maximum Gasteiger partial charge on any atom is 0.127 e. The number of aromatic nitrogens is 3. The summed E-state index contributed by atoms with van der Waals surface area (Å²) < 4.78 is 8.03. The molecule has 0 bridgehead atoms. The highest BCUT2D eigenvalue weighted by Crippen LogP contribution is 2.35. The van der Waals surface area contributed by atoms with Gasteiger partial charge in [-0.3, -0.25) is 9.67 Å². The van der Waals surface area contributed by atoms with Crippen LogP contribution in [0.2, 0.25) is 0 Å². The van der Waals surface area contributed by atoms with Gasteiger partial charge in [0.2, 0.25) is 0 Å². The molecule has 2 aromatic heterocycles. The molecule has 1 fully saturated rings. The number of hydrogen-bond donors (Lipinski definition) is 2. The Balaban J connectivity index is 1.52. The van der Waals surface area contributed by atoms with Crippen LogP contribution in [-0.4, -0.2) is 27.9 Å². The molecule has 2 aromatic carbocycles. The Morgan fingerprint density at radius 3 is 2.41 bits per heavy atom. The number of nitrogens with one attached hydrogen (secondary N) is 1. The average molecular weight is 385 g/mol. The molecule has 5 rings (SSSR count). The third kappa shape index (κ3) is 3.43. The van der Waals surface area contributed by atoms with Gasteiger partial charge >= 0.3 is 0 Å². The van der Waals surface area contributed by atoms with E-state index in [4.69, 9.17) is 15.6 Å². The Labute approximate surface area is 169 Å². The first-order valence-electron chi connectivity index (χ1n) is 9.95. The highest BCUT2D eigenvalue weighted by Gasteiger charge is 2.22. The van der Waals surface area contributed by atoms with Gasteiger partial charge in [-0.2, -0.15) is 5.10 Å². The molecule has 0 atom stereocenters. The molecule has 1 aliphatic heterocycles. The normalized spacial score (nSPS) is 14.9. The minimum absolute atomic E-state index is 0.358. The topological polar surface area (TPSA) is 78.0 Å². The number of piperidine rings is 1. The van der Waals surface area contributed by atoms with E-state index < -0.39 is 0 Å². The summed E-state index contributed by atoms with van der Waals surface area (Å²) in [5.74, 6) is 1.60. The highest BCUT2D eigenvalue weighted by atomic mass is 16.5. The summed E-state index contributed by atoms with van der Waals surface area (Å²) in [7, 11) is 0. The van der Waals surface area contributed by atoms with Gasteiger partial charge < -0.3 is 15.8 Å². The molecular formula is C23H23N5O. The van der Waals surface area contributed by atoms with Gasteiger partial charge in [-0.1, -0.05) is 18.2 Å². The van der Waals surface area contributed by atoms with Crippen molar-refractivity contribution in [3.05, 3.63) is 67.0 Å². The van der Waals surface area contributed by atoms with E-state index in [1.165, 1.54) is 0 Å². The fourth-order valence-corrected chi connectivity index (χ4v) is 3.95. The van der Waals surface area contributed by atoms with Crippen molar-refractivity contribution >= 4 is 16.6 Å². The highest BCUT2D eigenvalue weighted by molar-refractivity contribution is 6.01. The van der Waals surface area contributed by atoms with Crippen molar-refractivity contribution < 1.29 is 4.74 Å². The van der Waals surface area contributed by atoms with Gasteiger partial charge in [0.15, 0.2) is 0 Å². The lowest BCUT2D eigenvalue weighted by molar-refractivity contribution is 0.351. The summed E-state index contributed by atoms with van der Waals surface area (Å²) in [6, 6.07) is 18.1. The molecule has 0 unspecified atom stereocenters. The van der Waals surface area contributed by atoms with Gasteiger partial charge in [-0.05, 0) is 62.3 Å². The predicted octanol–water partition coefficient (Wildman–Crippen LogP) is 4.40. The van der Waals surface area contributed by atoms with Crippen molar-refractivity contribution in [2.24, 2.45) is 0 Å². The zero-order valence-corrected chi connectivity index (χ0v) is 16.1. The number of pyridine rings is 1. The molecular weight excluding hydrogens is 362 g/mol. The molecule has 0 radical (unpaired) electrons. The number of benzene rings is 2. The van der Waals surface area contributed by atoms with Crippen LogP contribution < -0.4 is 15.8 Å². The Kier molecular flexibility index (Phi) is 4.62. The number of anilines is 1. The van der Waals surface area contributed by atoms with E-state index in [0.29, 0.717) is 11.7 Å². The van der Waals surface area contributed by atoms with Crippen LogP contribution in [0.15, 0.2) is 67.0 Å². The molecule has 1 saturated heterocycles. The molecule has 0 spiro atoms. The number of hydrogen-bond acceptors (Lipinski definition) is 5. The van der Waals surface area contributed by atoms with Crippen LogP contribution in [0.4, 0.5) is 5.69 Å². The molecule has 0 aliphatic carbocycles. The van der Waals surface area contributed by atoms with E-state index >= 15 is 0 Å². The second-order valence-electron chi connectivity index (χ2n) is 7.34. The number of fused-ring (bicyclic) bond motifs is 1. The van der Waals surface area contributed by atoms with Gasteiger partial charge in [0, 0.05) is 5.56 Å². The van der Waals surface area contributed by atoms with Gasteiger partial charge in [0.05, 0.1) is 35.0 Å². The molecule has 0 amide bonds. The fraction of sp³-hybridized carbons (Fsp3) is 0.217. The van der Waals surface area contributed by atoms with E-state index in [-0.39, 0.29) is 0 Å². The second kappa shape index (κ2) is 7.56. The van der Waals surface area contributed by atoms with Gasteiger partial charge in [-0.25, -0.2) is 0 Å². The first-order chi connectivity index (χ1) is 14.3. The Morgan fingerprint density at radius 1 is 0.931 bits per heavy atom. The van der Waals surface area contributed by atoms with Crippen LogP contribution in [0.3, 0.4) is 0 Å². The standard InChI is InChI=1S/C23H23N5O/c24-20-14-26-15-21-22(20)23(27-28(21)17-10-12-25-13-11-17)16-6-8-19(9-7-16)29-18-4-2-1-3-5-18/h1-9,14-15,17,25H,10-13,24H2. The lowest BCUT2D eigenvalue weighted by Crippen LogP contribution is -2.29. The van der Waals surface area contributed by atoms with Crippen molar-refractivity contribution in [3.8, 4) is 22.8 Å². The first-order valence-corrected chi connectivity index (χ1v) is 9.95. The number of nitrogens with two attached hydrogens (primary N) is 1. The quantitative estimate of drug-likeness (QED) is 0.544. The van der Waals surface area contributed by atoms with Crippen LogP contribution >= 0.6 is 0 Å². The second-order valence-corrected chi connectivity index (χ2v) is 7.34. The molecule has 29 heavy (non-hydrogen) atoms. The number of ether oxygens (including phenoxy) is 1. The first kappa shape index (κ1) is 17.7. The molecule has 1 aliphatic rings. The van der Waals surface area contributed by atoms with E-state index in [1.54, 1.807) is 6.20 Å². The van der Waals surface area contributed by atoms with Crippen LogP contribution in [-0.2, 0) is 0 Å². The van der Waals surface area contributed by atoms with Gasteiger partial charge in [0.1, 0.15) is 17.2 Å². The van der Waals surface area contributed by atoms with E-state index in [0.717, 1.165) is 59.6 Å². The van der Waals surface area contributed by atoms with Crippen molar-refractivity contribution in [1.29, 1.82) is 0 Å². The number of rotatable bonds is 4. The average Bonchev–Trinajstić information content (AvgIpc) is 3.17. The molecule has 6 heteroatoms. The summed E-state index contributed by atoms with van der Waals surface area (Å²) in [5.41, 5.74) is 9.88. The summed E-state index contributed by atoms with van der Waals surface area (Å²) in [4.78, 5) is 4.31. The zero-order chi connectivity index (χ0) is 19.6. The summed E-state index contributed by atoms with van der Waals surface area (Å²) in [5, 5.41) is 9.37. The Hall–Kier alpha value is -3.38. The predicted molar refractivity (Wildman–Crippen MR) is 115 cm³/mol. The van der Waals surface area contributed by atoms with Crippen molar-refractivity contribution in [3.63, 3.8) is 0 Å². The third-order valence-corrected chi connectivity index (χ3v) is 5.41. The van der Waals surface area contributed by atoms with E-state index in [2.05, 4.69) is 15.0 Å². The molecule has 4 aromatic rings. The zero-order valence-electron chi connectivity index (χ0n) is 16.1. The van der Waals surface area contributed by atoms with E-state index in [1.807, 2.05) is 60.8 Å². The number of para-hydroxylation sites is 1. The van der Waals surface area contributed by atoms with Crippen LogP contribution in [0.1, 0.15) is 18.9 Å². The number of nitrogen functional groups attached to an aromatic ring is 1. The summed E-state index contributed by atoms with van der Waals surface area (Å²) in [6.07, 6.45) is 5.67. The maximum absolute atomic E-state index is 6.32. The van der Waals surface area contributed by atoms with Gasteiger partial charge in [-0.15, -0.1) is 0 Å².